The Hall–Kier alpha value is -3.49. The number of hydrogen-bond donors (Lipinski definition) is 2. The number of carbonyl (C=O) groups excluding carboxylic acids is 1. The fourth-order valence-electron chi connectivity index (χ4n) is 3.00. The van der Waals surface area contributed by atoms with Crippen LogP contribution in [0.3, 0.4) is 0 Å². The van der Waals surface area contributed by atoms with Crippen molar-refractivity contribution in [3.05, 3.63) is 96.0 Å². The van der Waals surface area contributed by atoms with Crippen LogP contribution in [0.15, 0.2) is 95.3 Å². The molecule has 0 aliphatic heterocycles. The fourth-order valence-corrected chi connectivity index (χ4v) is 4.79. The second-order valence-corrected chi connectivity index (χ2v) is 9.33. The molecule has 0 saturated carbocycles. The number of nitrogens with one attached hydrogen (secondary N) is 2. The topological polar surface area (TPSA) is 88.2 Å². The highest BCUT2D eigenvalue weighted by Crippen LogP contribution is 2.21. The van der Waals surface area contributed by atoms with Gasteiger partial charge >= 0.3 is 0 Å². The summed E-state index contributed by atoms with van der Waals surface area (Å²) in [6, 6.07) is 23.9. The van der Waals surface area contributed by atoms with Gasteiger partial charge in [0.1, 0.15) is 0 Å². The SMILES string of the molecule is O=C(Cc1ccc(-c2ccccc2)cc1)Nc1ccc(S(=O)(=O)Nc2nccs2)cc1. The van der Waals surface area contributed by atoms with Gasteiger partial charge in [-0.2, -0.15) is 0 Å². The van der Waals surface area contributed by atoms with Crippen LogP contribution in [0.2, 0.25) is 0 Å². The van der Waals surface area contributed by atoms with Gasteiger partial charge in [-0.15, -0.1) is 11.3 Å². The molecule has 0 spiro atoms. The van der Waals surface area contributed by atoms with Crippen molar-refractivity contribution in [2.45, 2.75) is 11.3 Å². The molecular formula is C23H19N3O3S2. The number of rotatable bonds is 7. The van der Waals surface area contributed by atoms with Crippen molar-refractivity contribution in [2.75, 3.05) is 10.0 Å². The molecule has 3 aromatic carbocycles. The summed E-state index contributed by atoms with van der Waals surface area (Å²) in [7, 11) is -3.72. The zero-order valence-electron chi connectivity index (χ0n) is 16.4. The quantitative estimate of drug-likeness (QED) is 0.425. The van der Waals surface area contributed by atoms with Gasteiger partial charge in [-0.05, 0) is 41.0 Å². The van der Waals surface area contributed by atoms with Crippen molar-refractivity contribution >= 4 is 38.1 Å². The van der Waals surface area contributed by atoms with E-state index in [4.69, 9.17) is 0 Å². The summed E-state index contributed by atoms with van der Waals surface area (Å²) < 4.78 is 27.2. The van der Waals surface area contributed by atoms with Crippen molar-refractivity contribution in [1.29, 1.82) is 0 Å². The van der Waals surface area contributed by atoms with E-state index in [1.165, 1.54) is 29.7 Å². The summed E-state index contributed by atoms with van der Waals surface area (Å²) in [6.45, 7) is 0. The molecule has 6 nitrogen and oxygen atoms in total. The van der Waals surface area contributed by atoms with Crippen LogP contribution in [0.4, 0.5) is 10.8 Å². The lowest BCUT2D eigenvalue weighted by Gasteiger charge is -2.08. The molecule has 1 heterocycles. The predicted octanol–water partition coefficient (Wildman–Crippen LogP) is 4.79. The number of thiazole rings is 1. The number of anilines is 2. The standard InChI is InChI=1S/C23H19N3O3S2/c27-22(16-17-6-8-19(9-7-17)18-4-2-1-3-5-18)25-20-10-12-21(13-11-20)31(28,29)26-23-24-14-15-30-23/h1-15H,16H2,(H,24,26)(H,25,27). The van der Waals surface area contributed by atoms with Gasteiger partial charge in [-0.25, -0.2) is 13.4 Å². The van der Waals surface area contributed by atoms with Crippen LogP contribution >= 0.6 is 11.3 Å². The number of benzene rings is 3. The van der Waals surface area contributed by atoms with E-state index in [0.717, 1.165) is 16.7 Å². The molecule has 8 heteroatoms. The van der Waals surface area contributed by atoms with Gasteiger partial charge in [-0.3, -0.25) is 9.52 Å². The maximum atomic E-state index is 12.4. The molecule has 0 bridgehead atoms. The largest absolute Gasteiger partial charge is 0.326 e. The molecule has 0 aliphatic rings. The number of hydrogen-bond acceptors (Lipinski definition) is 5. The first-order chi connectivity index (χ1) is 15.0. The molecule has 0 atom stereocenters. The van der Waals surface area contributed by atoms with E-state index < -0.39 is 10.0 Å². The van der Waals surface area contributed by atoms with Gasteiger partial charge in [0.15, 0.2) is 5.13 Å². The highest BCUT2D eigenvalue weighted by Gasteiger charge is 2.15. The minimum Gasteiger partial charge on any atom is -0.326 e. The molecule has 2 N–H and O–H groups in total. The summed E-state index contributed by atoms with van der Waals surface area (Å²) in [5, 5.41) is 4.78. The van der Waals surface area contributed by atoms with Crippen LogP contribution in [0.25, 0.3) is 11.1 Å². The number of sulfonamides is 1. The number of aromatic nitrogens is 1. The van der Waals surface area contributed by atoms with Crippen LogP contribution in [-0.2, 0) is 21.2 Å². The van der Waals surface area contributed by atoms with E-state index in [9.17, 15) is 13.2 Å². The van der Waals surface area contributed by atoms with E-state index >= 15 is 0 Å². The molecule has 0 unspecified atom stereocenters. The van der Waals surface area contributed by atoms with Gasteiger partial charge in [0.05, 0.1) is 11.3 Å². The normalized spacial score (nSPS) is 11.1. The third-order valence-corrected chi connectivity index (χ3v) is 6.70. The van der Waals surface area contributed by atoms with E-state index in [1.54, 1.807) is 17.5 Å². The van der Waals surface area contributed by atoms with E-state index in [2.05, 4.69) is 15.0 Å². The highest BCUT2D eigenvalue weighted by molar-refractivity contribution is 7.93. The molecule has 4 aromatic rings. The molecular weight excluding hydrogens is 430 g/mol. The lowest BCUT2D eigenvalue weighted by Crippen LogP contribution is -2.15. The molecule has 156 valence electrons. The Morgan fingerprint density at radius 1 is 0.871 bits per heavy atom. The van der Waals surface area contributed by atoms with Gasteiger partial charge in [0, 0.05) is 17.3 Å². The third kappa shape index (κ3) is 5.36. The summed E-state index contributed by atoms with van der Waals surface area (Å²) in [5.41, 5.74) is 3.63. The van der Waals surface area contributed by atoms with Gasteiger partial charge in [0.2, 0.25) is 5.91 Å². The zero-order valence-corrected chi connectivity index (χ0v) is 18.0. The van der Waals surface area contributed by atoms with Gasteiger partial charge in [-0.1, -0.05) is 54.6 Å². The van der Waals surface area contributed by atoms with Crippen molar-refractivity contribution < 1.29 is 13.2 Å². The van der Waals surface area contributed by atoms with E-state index in [-0.39, 0.29) is 17.2 Å². The predicted molar refractivity (Wildman–Crippen MR) is 124 cm³/mol. The Morgan fingerprint density at radius 2 is 1.55 bits per heavy atom. The number of nitrogens with zero attached hydrogens (tertiary/aromatic N) is 1. The average Bonchev–Trinajstić information content (AvgIpc) is 3.27. The Labute approximate surface area is 184 Å². The van der Waals surface area contributed by atoms with Crippen molar-refractivity contribution in [3.8, 4) is 11.1 Å². The molecule has 31 heavy (non-hydrogen) atoms. The fraction of sp³-hybridized carbons (Fsp3) is 0.0435. The first-order valence-electron chi connectivity index (χ1n) is 9.46. The average molecular weight is 450 g/mol. The minimum absolute atomic E-state index is 0.0946. The zero-order chi connectivity index (χ0) is 21.7. The number of carbonyl (C=O) groups is 1. The molecule has 0 aliphatic carbocycles. The Morgan fingerprint density at radius 3 is 2.19 bits per heavy atom. The molecule has 0 fully saturated rings. The second kappa shape index (κ2) is 9.11. The van der Waals surface area contributed by atoms with E-state index in [1.807, 2.05) is 54.6 Å². The summed E-state index contributed by atoms with van der Waals surface area (Å²) in [6.07, 6.45) is 1.75. The third-order valence-electron chi connectivity index (χ3n) is 4.53. The molecule has 1 aromatic heterocycles. The lowest BCUT2D eigenvalue weighted by molar-refractivity contribution is -0.115. The second-order valence-electron chi connectivity index (χ2n) is 6.76. The summed E-state index contributed by atoms with van der Waals surface area (Å²) >= 11 is 1.20. The first kappa shape index (κ1) is 20.8. The summed E-state index contributed by atoms with van der Waals surface area (Å²) in [4.78, 5) is 16.4. The molecule has 4 rings (SSSR count). The van der Waals surface area contributed by atoms with Gasteiger partial charge < -0.3 is 5.32 Å². The highest BCUT2D eigenvalue weighted by atomic mass is 32.2. The molecule has 0 radical (unpaired) electrons. The minimum atomic E-state index is -3.72. The van der Waals surface area contributed by atoms with Crippen LogP contribution in [0.1, 0.15) is 5.56 Å². The van der Waals surface area contributed by atoms with Crippen molar-refractivity contribution in [1.82, 2.24) is 4.98 Å². The Kier molecular flexibility index (Phi) is 6.11. The van der Waals surface area contributed by atoms with Crippen LogP contribution < -0.4 is 10.0 Å². The smallest absolute Gasteiger partial charge is 0.263 e. The molecule has 0 saturated heterocycles. The van der Waals surface area contributed by atoms with E-state index in [0.29, 0.717) is 10.8 Å². The lowest BCUT2D eigenvalue weighted by atomic mass is 10.0. The first-order valence-corrected chi connectivity index (χ1v) is 11.8. The van der Waals surface area contributed by atoms with Crippen molar-refractivity contribution in [2.24, 2.45) is 0 Å². The summed E-state index contributed by atoms with van der Waals surface area (Å²) in [5.74, 6) is -0.177. The van der Waals surface area contributed by atoms with Gasteiger partial charge in [0.25, 0.3) is 10.0 Å². The van der Waals surface area contributed by atoms with Crippen molar-refractivity contribution in [3.63, 3.8) is 0 Å². The number of amides is 1. The maximum absolute atomic E-state index is 12.4. The van der Waals surface area contributed by atoms with Crippen LogP contribution in [0, 0.1) is 0 Å². The monoisotopic (exact) mass is 449 g/mol. The maximum Gasteiger partial charge on any atom is 0.263 e. The Bertz CT molecular complexity index is 1250. The molecule has 1 amide bonds. The van der Waals surface area contributed by atoms with Crippen LogP contribution in [-0.4, -0.2) is 19.3 Å². The Balaban J connectivity index is 1.36. The van der Waals surface area contributed by atoms with Crippen LogP contribution in [0.5, 0.6) is 0 Å².